The van der Waals surface area contributed by atoms with Gasteiger partial charge in [0, 0.05) is 38.2 Å². The summed E-state index contributed by atoms with van der Waals surface area (Å²) in [6.07, 6.45) is -4.70. The maximum atomic E-state index is 15.2. The maximum absolute atomic E-state index is 15.2. The van der Waals surface area contributed by atoms with Crippen LogP contribution in [0.15, 0.2) is 77.9 Å². The molecule has 276 valence electrons. The Morgan fingerprint density at radius 3 is 2.12 bits per heavy atom. The highest BCUT2D eigenvalue weighted by Crippen LogP contribution is 2.64. The van der Waals surface area contributed by atoms with Crippen molar-refractivity contribution in [1.29, 1.82) is 0 Å². The minimum Gasteiger partial charge on any atom is -0.455 e. The van der Waals surface area contributed by atoms with Crippen LogP contribution in [0.4, 0.5) is 0 Å². The van der Waals surface area contributed by atoms with Crippen LogP contribution in [-0.4, -0.2) is 88.2 Å². The second kappa shape index (κ2) is 13.4. The van der Waals surface area contributed by atoms with E-state index in [9.17, 15) is 29.4 Å². The van der Waals surface area contributed by atoms with E-state index in [0.29, 0.717) is 5.57 Å². The second-order valence-electron chi connectivity index (χ2n) is 14.9. The Morgan fingerprint density at radius 2 is 1.54 bits per heavy atom. The number of carbonyl (C=O) groups excluding carboxylic acids is 5. The van der Waals surface area contributed by atoms with Crippen molar-refractivity contribution in [2.24, 2.45) is 16.7 Å². The summed E-state index contributed by atoms with van der Waals surface area (Å²) < 4.78 is 30.0. The summed E-state index contributed by atoms with van der Waals surface area (Å²) in [5.74, 6) is -5.37. The van der Waals surface area contributed by atoms with Crippen LogP contribution in [0.25, 0.3) is 6.08 Å². The highest BCUT2D eigenvalue weighted by atomic mass is 16.6. The van der Waals surface area contributed by atoms with Gasteiger partial charge >= 0.3 is 23.9 Å². The zero-order chi connectivity index (χ0) is 37.8. The van der Waals surface area contributed by atoms with Gasteiger partial charge < -0.3 is 33.9 Å². The number of fused-ring (bicyclic) bond motifs is 5. The SMILES string of the molecule is CC(=O)O[C@H]1C(=O)[C@]2(C)[C@@H](O)CC3OC[C@@]3(OC(C)=O)[C@H]2[C@H](OC(=O)c2ccccc2)[C@]2(O)C[C@H](OC(=O)/C=C/c3ccccc3)C(C)=C1C2(C)C. The molecule has 0 aromatic heterocycles. The number of hydrogen-bond acceptors (Lipinski definition) is 12. The van der Waals surface area contributed by atoms with E-state index >= 15 is 4.79 Å². The number of esters is 4. The Kier molecular flexibility index (Phi) is 9.56. The van der Waals surface area contributed by atoms with E-state index in [2.05, 4.69) is 0 Å². The van der Waals surface area contributed by atoms with Crippen molar-refractivity contribution in [3.05, 3.63) is 89.0 Å². The number of ketones is 1. The summed E-state index contributed by atoms with van der Waals surface area (Å²) in [6.45, 7) is 8.40. The number of aliphatic hydroxyl groups is 2. The summed E-state index contributed by atoms with van der Waals surface area (Å²) in [4.78, 5) is 68.3. The van der Waals surface area contributed by atoms with Crippen LogP contribution in [0.3, 0.4) is 0 Å². The van der Waals surface area contributed by atoms with Gasteiger partial charge in [0.15, 0.2) is 17.5 Å². The van der Waals surface area contributed by atoms with Gasteiger partial charge in [-0.3, -0.25) is 14.4 Å². The molecule has 0 spiro atoms. The Hall–Kier alpha value is -4.65. The molecule has 12 heteroatoms. The lowest BCUT2D eigenvalue weighted by Gasteiger charge is -2.67. The van der Waals surface area contributed by atoms with Crippen LogP contribution in [0.1, 0.15) is 70.3 Å². The van der Waals surface area contributed by atoms with Crippen LogP contribution in [0, 0.1) is 16.7 Å². The minimum atomic E-state index is -2.21. The quantitative estimate of drug-likeness (QED) is 0.184. The molecule has 1 aliphatic heterocycles. The van der Waals surface area contributed by atoms with E-state index < -0.39 is 88.1 Å². The first-order valence-electron chi connectivity index (χ1n) is 17.3. The normalized spacial score (nSPS) is 34.8. The summed E-state index contributed by atoms with van der Waals surface area (Å²) >= 11 is 0. The predicted octanol–water partition coefficient (Wildman–Crippen LogP) is 3.92. The molecule has 4 aliphatic rings. The lowest BCUT2D eigenvalue weighted by molar-refractivity contribution is -0.346. The second-order valence-corrected chi connectivity index (χ2v) is 14.9. The Labute approximate surface area is 301 Å². The molecule has 2 aromatic carbocycles. The summed E-state index contributed by atoms with van der Waals surface area (Å²) in [6, 6.07) is 17.1. The van der Waals surface area contributed by atoms with Gasteiger partial charge in [0.05, 0.1) is 29.6 Å². The molecule has 2 saturated carbocycles. The van der Waals surface area contributed by atoms with Crippen LogP contribution >= 0.6 is 0 Å². The van der Waals surface area contributed by atoms with Crippen LogP contribution in [0.5, 0.6) is 0 Å². The molecule has 0 radical (unpaired) electrons. The average molecular weight is 717 g/mol. The number of carbonyl (C=O) groups is 5. The Balaban J connectivity index is 1.59. The summed E-state index contributed by atoms with van der Waals surface area (Å²) in [7, 11) is 0. The summed E-state index contributed by atoms with van der Waals surface area (Å²) in [5, 5.41) is 25.3. The molecular formula is C40H44O12. The van der Waals surface area contributed by atoms with Crippen molar-refractivity contribution < 1.29 is 57.9 Å². The zero-order valence-corrected chi connectivity index (χ0v) is 30.0. The average Bonchev–Trinajstić information content (AvgIpc) is 3.09. The molecule has 2 bridgehead atoms. The molecule has 3 fully saturated rings. The number of Topliss-reactive ketones (excluding diaryl/α,β-unsaturated/α-hetero) is 1. The van der Waals surface area contributed by atoms with E-state index in [4.69, 9.17) is 23.7 Å². The number of rotatable bonds is 7. The number of hydrogen-bond donors (Lipinski definition) is 2. The van der Waals surface area contributed by atoms with Gasteiger partial charge in [-0.25, -0.2) is 9.59 Å². The molecule has 52 heavy (non-hydrogen) atoms. The predicted molar refractivity (Wildman–Crippen MR) is 184 cm³/mol. The van der Waals surface area contributed by atoms with Crippen molar-refractivity contribution >= 4 is 35.7 Å². The van der Waals surface area contributed by atoms with Gasteiger partial charge in [-0.2, -0.15) is 0 Å². The minimum absolute atomic E-state index is 0.132. The van der Waals surface area contributed by atoms with E-state index in [1.807, 2.05) is 18.2 Å². The van der Waals surface area contributed by atoms with Gasteiger partial charge in [0.1, 0.15) is 23.9 Å². The zero-order valence-electron chi connectivity index (χ0n) is 30.0. The molecule has 1 heterocycles. The number of benzene rings is 2. The summed E-state index contributed by atoms with van der Waals surface area (Å²) in [5.41, 5.74) is -6.01. The monoisotopic (exact) mass is 716 g/mol. The first kappa shape index (κ1) is 37.1. The molecule has 0 amide bonds. The van der Waals surface area contributed by atoms with E-state index in [1.165, 1.54) is 32.1 Å². The van der Waals surface area contributed by atoms with E-state index in [1.54, 1.807) is 57.2 Å². The molecule has 6 rings (SSSR count). The number of aliphatic hydroxyl groups excluding tert-OH is 1. The van der Waals surface area contributed by atoms with Crippen LogP contribution in [0.2, 0.25) is 0 Å². The molecule has 2 N–H and O–H groups in total. The lowest BCUT2D eigenvalue weighted by Crippen LogP contribution is -2.82. The van der Waals surface area contributed by atoms with E-state index in [-0.39, 0.29) is 30.6 Å². The fourth-order valence-electron chi connectivity index (χ4n) is 8.93. The molecule has 9 atom stereocenters. The van der Waals surface area contributed by atoms with Crippen molar-refractivity contribution in [2.45, 2.75) is 96.1 Å². The molecule has 12 nitrogen and oxygen atoms in total. The van der Waals surface area contributed by atoms with Crippen molar-refractivity contribution in [3.8, 4) is 0 Å². The van der Waals surface area contributed by atoms with Gasteiger partial charge in [0.2, 0.25) is 0 Å². The Morgan fingerprint density at radius 1 is 0.904 bits per heavy atom. The molecule has 2 aromatic rings. The van der Waals surface area contributed by atoms with Crippen molar-refractivity contribution in [2.75, 3.05) is 6.61 Å². The molecule has 3 aliphatic carbocycles. The molecule has 1 saturated heterocycles. The first-order valence-corrected chi connectivity index (χ1v) is 17.3. The standard InChI is InChI=1S/C40H44O12/c1-22-27(50-30(44)18-17-25-13-9-7-10-14-25)20-40(47)35(51-36(46)26-15-11-8-12-16-26)33-38(6,28(43)19-29-39(33,21-48-29)52-24(3)42)34(45)32(49-23(2)41)31(22)37(40,4)5/h7-18,27-29,32-33,35,43,47H,19-21H2,1-6H3/b18-17+/t27-,28-,29?,32+,33-,35-,38+,39-,40+/m0/s1. The topological polar surface area (TPSA) is 172 Å². The smallest absolute Gasteiger partial charge is 0.338 e. The Bertz CT molecular complexity index is 1830. The van der Waals surface area contributed by atoms with Crippen LogP contribution in [-0.2, 0) is 42.9 Å². The van der Waals surface area contributed by atoms with Crippen molar-refractivity contribution in [3.63, 3.8) is 0 Å². The van der Waals surface area contributed by atoms with Gasteiger partial charge in [0.25, 0.3) is 0 Å². The van der Waals surface area contributed by atoms with Crippen molar-refractivity contribution in [1.82, 2.24) is 0 Å². The van der Waals surface area contributed by atoms with E-state index in [0.717, 1.165) is 12.5 Å². The third-order valence-electron chi connectivity index (χ3n) is 11.7. The lowest BCUT2D eigenvalue weighted by atomic mass is 9.44. The third kappa shape index (κ3) is 5.86. The fraction of sp³-hybridized carbons (Fsp3) is 0.475. The third-order valence-corrected chi connectivity index (χ3v) is 11.7. The number of ether oxygens (including phenoxy) is 5. The first-order chi connectivity index (χ1) is 24.5. The van der Waals surface area contributed by atoms with Crippen LogP contribution < -0.4 is 0 Å². The molecule has 1 unspecified atom stereocenters. The highest BCUT2D eigenvalue weighted by Gasteiger charge is 2.78. The molecular weight excluding hydrogens is 672 g/mol. The van der Waals surface area contributed by atoms with Gasteiger partial charge in [-0.15, -0.1) is 0 Å². The van der Waals surface area contributed by atoms with Gasteiger partial charge in [-0.05, 0) is 48.8 Å². The van der Waals surface area contributed by atoms with Gasteiger partial charge in [-0.1, -0.05) is 62.4 Å². The largest absolute Gasteiger partial charge is 0.455 e. The highest BCUT2D eigenvalue weighted by molar-refractivity contribution is 5.95. The fourth-order valence-corrected chi connectivity index (χ4v) is 8.93. The maximum Gasteiger partial charge on any atom is 0.338 e.